The fourth-order valence-corrected chi connectivity index (χ4v) is 6.85. The summed E-state index contributed by atoms with van der Waals surface area (Å²) in [5.74, 6) is 1.29. The van der Waals surface area contributed by atoms with Crippen molar-refractivity contribution in [3.63, 3.8) is 0 Å². The van der Waals surface area contributed by atoms with Crippen LogP contribution in [0.1, 0.15) is 38.2 Å². The molecule has 0 radical (unpaired) electrons. The number of anilines is 1. The maximum absolute atomic E-state index is 13.3. The maximum Gasteiger partial charge on any atom is 0.274 e. The first kappa shape index (κ1) is 34.3. The fraction of sp³-hybridized carbons (Fsp3) is 0.214. The van der Waals surface area contributed by atoms with Crippen LogP contribution in [0.3, 0.4) is 0 Å². The lowest BCUT2D eigenvalue weighted by atomic mass is 9.98. The summed E-state index contributed by atoms with van der Waals surface area (Å²) in [7, 11) is 6.87. The second-order valence-electron chi connectivity index (χ2n) is 13.1. The molecular weight excluding hydrogens is 654 g/mol. The van der Waals surface area contributed by atoms with E-state index in [1.54, 1.807) is 57.7 Å². The number of carbonyl (C=O) groups is 1. The minimum atomic E-state index is -0.372. The summed E-state index contributed by atoms with van der Waals surface area (Å²) < 4.78 is 14.3. The highest BCUT2D eigenvalue weighted by molar-refractivity contribution is 6.04. The van der Waals surface area contributed by atoms with E-state index in [1.165, 1.54) is 21.3 Å². The average Bonchev–Trinajstić information content (AvgIpc) is 3.49. The maximum atomic E-state index is 13.3. The monoisotopic (exact) mass is 695 g/mol. The quantitative estimate of drug-likeness (QED) is 0.236. The number of para-hydroxylation sites is 1. The van der Waals surface area contributed by atoms with Gasteiger partial charge in [-0.3, -0.25) is 19.3 Å². The number of rotatable bonds is 9. The van der Waals surface area contributed by atoms with Crippen molar-refractivity contribution >= 4 is 34.6 Å². The fourth-order valence-electron chi connectivity index (χ4n) is 6.85. The summed E-state index contributed by atoms with van der Waals surface area (Å²) in [6.45, 7) is 2.78. The lowest BCUT2D eigenvalue weighted by Gasteiger charge is -2.29. The zero-order valence-electron chi connectivity index (χ0n) is 29.7. The van der Waals surface area contributed by atoms with E-state index < -0.39 is 0 Å². The summed E-state index contributed by atoms with van der Waals surface area (Å²) >= 11 is 0. The van der Waals surface area contributed by atoms with Gasteiger partial charge in [0.25, 0.3) is 17.0 Å². The van der Waals surface area contributed by atoms with Crippen LogP contribution in [-0.4, -0.2) is 52.2 Å². The van der Waals surface area contributed by atoms with Crippen LogP contribution in [-0.2, 0) is 33.5 Å². The molecule has 3 heterocycles. The van der Waals surface area contributed by atoms with E-state index in [9.17, 15) is 14.4 Å². The van der Waals surface area contributed by atoms with Gasteiger partial charge in [-0.1, -0.05) is 42.5 Å². The Hall–Kier alpha value is -6.13. The third-order valence-electron chi connectivity index (χ3n) is 9.81. The topological polar surface area (TPSA) is 111 Å². The van der Waals surface area contributed by atoms with E-state index in [4.69, 9.17) is 9.47 Å². The molecule has 1 aliphatic rings. The molecule has 2 N–H and O–H groups in total. The van der Waals surface area contributed by atoms with Gasteiger partial charge < -0.3 is 28.9 Å². The van der Waals surface area contributed by atoms with Crippen LogP contribution in [0.25, 0.3) is 23.1 Å². The third kappa shape index (κ3) is 7.06. The lowest BCUT2D eigenvalue weighted by Crippen LogP contribution is -2.52. The van der Waals surface area contributed by atoms with Gasteiger partial charge in [-0.15, -0.1) is 0 Å². The molecule has 6 aromatic rings. The van der Waals surface area contributed by atoms with Gasteiger partial charge in [0.15, 0.2) is 11.5 Å². The molecule has 1 aliphatic heterocycles. The van der Waals surface area contributed by atoms with Crippen molar-refractivity contribution in [2.75, 3.05) is 32.6 Å². The van der Waals surface area contributed by atoms with Crippen LogP contribution in [0, 0.1) is 0 Å². The van der Waals surface area contributed by atoms with E-state index in [-0.39, 0.29) is 27.7 Å². The van der Waals surface area contributed by atoms with Gasteiger partial charge in [-0.2, -0.15) is 0 Å². The number of H-pyrrole nitrogens is 1. The molecule has 264 valence electrons. The molecule has 10 nitrogen and oxygen atoms in total. The normalized spacial score (nSPS) is 13.7. The van der Waals surface area contributed by atoms with E-state index in [1.807, 2.05) is 66.3 Å². The summed E-state index contributed by atoms with van der Waals surface area (Å²) in [6, 6.07) is 26.9. The number of aromatic amines is 1. The van der Waals surface area contributed by atoms with Crippen molar-refractivity contribution in [1.82, 2.24) is 19.0 Å². The largest absolute Gasteiger partial charge is 0.493 e. The summed E-state index contributed by atoms with van der Waals surface area (Å²) in [6.07, 6.45) is 7.15. The van der Waals surface area contributed by atoms with Crippen molar-refractivity contribution in [3.05, 3.63) is 156 Å². The van der Waals surface area contributed by atoms with Gasteiger partial charge in [0.05, 0.1) is 14.2 Å². The number of fused-ring (bicyclic) bond motifs is 2. The van der Waals surface area contributed by atoms with Gasteiger partial charge in [0.2, 0.25) is 0 Å². The van der Waals surface area contributed by atoms with E-state index in [0.717, 1.165) is 60.4 Å². The highest BCUT2D eigenvalue weighted by Gasteiger charge is 2.19. The third-order valence-corrected chi connectivity index (χ3v) is 9.81. The number of ether oxygens (including phenoxy) is 2. The molecule has 0 unspecified atom stereocenters. The minimum Gasteiger partial charge on any atom is -0.493 e. The molecule has 7 rings (SSSR count). The molecule has 0 atom stereocenters. The van der Waals surface area contributed by atoms with Crippen LogP contribution >= 0.6 is 0 Å². The first-order chi connectivity index (χ1) is 25.2. The van der Waals surface area contributed by atoms with Gasteiger partial charge in [-0.25, -0.2) is 0 Å². The molecule has 0 saturated heterocycles. The predicted octanol–water partition coefficient (Wildman–Crippen LogP) is 4.09. The number of aryl methyl sites for hydroxylation is 1. The lowest BCUT2D eigenvalue weighted by molar-refractivity contribution is 0.102. The van der Waals surface area contributed by atoms with Gasteiger partial charge >= 0.3 is 0 Å². The zero-order valence-corrected chi connectivity index (χ0v) is 29.7. The second kappa shape index (κ2) is 14.6. The number of hydrogen-bond donors (Lipinski definition) is 2. The Morgan fingerprint density at radius 2 is 1.60 bits per heavy atom. The summed E-state index contributed by atoms with van der Waals surface area (Å²) in [5.41, 5.74) is 6.81. The molecule has 0 spiro atoms. The Morgan fingerprint density at radius 1 is 0.885 bits per heavy atom. The van der Waals surface area contributed by atoms with Crippen molar-refractivity contribution in [3.8, 4) is 11.5 Å². The first-order valence-corrected chi connectivity index (χ1v) is 17.2. The van der Waals surface area contributed by atoms with Crippen LogP contribution in [0.2, 0.25) is 0 Å². The van der Waals surface area contributed by atoms with Crippen molar-refractivity contribution < 1.29 is 14.3 Å². The Kier molecular flexibility index (Phi) is 9.65. The van der Waals surface area contributed by atoms with Crippen LogP contribution < -0.4 is 36.6 Å². The molecule has 10 heteroatoms. The Labute approximate surface area is 300 Å². The van der Waals surface area contributed by atoms with Crippen LogP contribution in [0.15, 0.2) is 101 Å². The summed E-state index contributed by atoms with van der Waals surface area (Å²) in [5, 5.41) is 4.38. The molecule has 0 bridgehead atoms. The van der Waals surface area contributed by atoms with E-state index >= 15 is 0 Å². The van der Waals surface area contributed by atoms with Gasteiger partial charge in [-0.05, 0) is 89.7 Å². The Morgan fingerprint density at radius 3 is 2.33 bits per heavy atom. The Bertz CT molecular complexity index is 2530. The standard InChI is InChI=1S/C42H41N5O5/c1-45-25-32(34-7-5-6-8-36(34)45)22-37-41(49)44-35(42(50)46(37)2)21-28-9-13-29(14-10-28)40(48)43-33-15-11-27(12-16-33)17-19-47-20-18-30-23-38(51-3)39(52-4)24-31(30)26-47/h5-16,21-25H,17-20,26H2,1-4H3,(H,43,48)(H,44,49)/b35-21-,37-22-. The smallest absolute Gasteiger partial charge is 0.274 e. The number of amides is 1. The first-order valence-electron chi connectivity index (χ1n) is 17.2. The molecule has 0 fully saturated rings. The van der Waals surface area contributed by atoms with Crippen LogP contribution in [0.5, 0.6) is 11.5 Å². The second-order valence-corrected chi connectivity index (χ2v) is 13.1. The number of hydrogen-bond acceptors (Lipinski definition) is 6. The minimum absolute atomic E-state index is 0.158. The van der Waals surface area contributed by atoms with Crippen molar-refractivity contribution in [1.29, 1.82) is 0 Å². The number of methoxy groups -OCH3 is 2. The molecule has 52 heavy (non-hydrogen) atoms. The van der Waals surface area contributed by atoms with Crippen LogP contribution in [0.4, 0.5) is 5.69 Å². The van der Waals surface area contributed by atoms with Crippen molar-refractivity contribution in [2.24, 2.45) is 14.1 Å². The number of carbonyl (C=O) groups excluding carboxylic acids is 1. The van der Waals surface area contributed by atoms with Gasteiger partial charge in [0, 0.05) is 67.6 Å². The molecule has 4 aromatic carbocycles. The SMILES string of the molecule is COc1cc2c(cc1OC)CN(CCc1ccc(NC(=O)c3ccc(/C=c4\[nH]c(=O)/c(=C/c5cn(C)c6ccccc56)n(C)c4=O)cc3)cc1)CC2. The van der Waals surface area contributed by atoms with E-state index in [2.05, 4.69) is 27.3 Å². The number of nitrogens with one attached hydrogen (secondary N) is 2. The Balaban J connectivity index is 0.984. The van der Waals surface area contributed by atoms with Crippen molar-refractivity contribution in [2.45, 2.75) is 19.4 Å². The van der Waals surface area contributed by atoms with Gasteiger partial charge in [0.1, 0.15) is 10.7 Å². The number of aromatic nitrogens is 3. The molecule has 1 amide bonds. The number of nitrogens with zero attached hydrogens (tertiary/aromatic N) is 3. The average molecular weight is 696 g/mol. The number of benzene rings is 4. The predicted molar refractivity (Wildman–Crippen MR) is 205 cm³/mol. The highest BCUT2D eigenvalue weighted by atomic mass is 16.5. The van der Waals surface area contributed by atoms with E-state index in [0.29, 0.717) is 16.8 Å². The summed E-state index contributed by atoms with van der Waals surface area (Å²) in [4.78, 5) is 44.7. The molecule has 2 aromatic heterocycles. The molecule has 0 aliphatic carbocycles. The zero-order chi connectivity index (χ0) is 36.4. The molecular formula is C42H41N5O5. The molecule has 0 saturated carbocycles. The highest BCUT2D eigenvalue weighted by Crippen LogP contribution is 2.33.